The number of nitrogens with zero attached hydrogens (tertiary/aromatic N) is 3. The Hall–Kier alpha value is -2.85. The normalized spacial score (nSPS) is 18.3. The summed E-state index contributed by atoms with van der Waals surface area (Å²) in [5.74, 6) is -1.51. The van der Waals surface area contributed by atoms with Crippen LogP contribution in [0.4, 0.5) is 0 Å². The summed E-state index contributed by atoms with van der Waals surface area (Å²) in [7, 11) is 0. The van der Waals surface area contributed by atoms with Crippen molar-refractivity contribution in [2.45, 2.75) is 26.7 Å². The predicted molar refractivity (Wildman–Crippen MR) is 120 cm³/mol. The zero-order chi connectivity index (χ0) is 22.1. The average molecular weight is 426 g/mol. The van der Waals surface area contributed by atoms with Crippen molar-refractivity contribution in [1.82, 2.24) is 4.90 Å². The summed E-state index contributed by atoms with van der Waals surface area (Å²) in [6.45, 7) is 10.5. The van der Waals surface area contributed by atoms with Gasteiger partial charge in [0, 0.05) is 24.7 Å². The summed E-state index contributed by atoms with van der Waals surface area (Å²) >= 11 is 1.26. The fraction of sp³-hybridized carbons (Fsp3) is 0.391. The second kappa shape index (κ2) is 11.4. The van der Waals surface area contributed by atoms with Crippen LogP contribution in [0.1, 0.15) is 32.3 Å². The molecule has 0 fully saturated rings. The van der Waals surface area contributed by atoms with Crippen molar-refractivity contribution in [2.75, 3.05) is 25.4 Å². The first kappa shape index (κ1) is 23.4. The van der Waals surface area contributed by atoms with Crippen molar-refractivity contribution >= 4 is 28.7 Å². The lowest BCUT2D eigenvalue weighted by atomic mass is 9.79. The molecule has 30 heavy (non-hydrogen) atoms. The highest BCUT2D eigenvalue weighted by atomic mass is 32.2. The van der Waals surface area contributed by atoms with Crippen LogP contribution in [0.3, 0.4) is 0 Å². The van der Waals surface area contributed by atoms with E-state index in [0.29, 0.717) is 29.4 Å². The molecule has 1 aromatic rings. The first-order valence-corrected chi connectivity index (χ1v) is 10.9. The van der Waals surface area contributed by atoms with Crippen molar-refractivity contribution in [1.29, 1.82) is 5.26 Å². The molecule has 0 N–H and O–H groups in total. The van der Waals surface area contributed by atoms with Gasteiger partial charge in [-0.3, -0.25) is 4.79 Å². The Morgan fingerprint density at radius 1 is 1.30 bits per heavy atom. The van der Waals surface area contributed by atoms with Crippen molar-refractivity contribution in [3.05, 3.63) is 59.8 Å². The van der Waals surface area contributed by atoms with E-state index in [1.54, 1.807) is 11.8 Å². The van der Waals surface area contributed by atoms with Gasteiger partial charge >= 0.3 is 5.97 Å². The molecule has 0 radical (unpaired) electrons. The molecule has 0 aliphatic carbocycles. The summed E-state index contributed by atoms with van der Waals surface area (Å²) in [6, 6.07) is 11.7. The number of aliphatic imine (C=N–C) groups is 1. The molecule has 158 valence electrons. The third-order valence-electron chi connectivity index (χ3n) is 4.89. The lowest BCUT2D eigenvalue weighted by Gasteiger charge is -2.30. The Morgan fingerprint density at radius 2 is 1.97 bits per heavy atom. The van der Waals surface area contributed by atoms with Crippen molar-refractivity contribution in [3.63, 3.8) is 0 Å². The molecule has 0 bridgehead atoms. The van der Waals surface area contributed by atoms with E-state index < -0.39 is 17.8 Å². The van der Waals surface area contributed by atoms with Gasteiger partial charge in [-0.2, -0.15) is 5.26 Å². The van der Waals surface area contributed by atoms with Gasteiger partial charge in [-0.25, -0.2) is 9.79 Å². The number of ether oxygens (including phenoxy) is 1. The summed E-state index contributed by atoms with van der Waals surface area (Å²) in [4.78, 5) is 31.5. The Bertz CT molecular complexity index is 883. The van der Waals surface area contributed by atoms with Gasteiger partial charge in [0.15, 0.2) is 0 Å². The van der Waals surface area contributed by atoms with Crippen LogP contribution in [0.15, 0.2) is 59.2 Å². The molecular weight excluding hydrogens is 398 g/mol. The van der Waals surface area contributed by atoms with Crippen LogP contribution >= 0.6 is 11.8 Å². The summed E-state index contributed by atoms with van der Waals surface area (Å²) in [5, 5.41) is 10.5. The third-order valence-corrected chi connectivity index (χ3v) is 5.92. The molecule has 0 aromatic heterocycles. The largest absolute Gasteiger partial charge is 0.458 e. The van der Waals surface area contributed by atoms with Gasteiger partial charge in [0.2, 0.25) is 5.91 Å². The van der Waals surface area contributed by atoms with E-state index in [-0.39, 0.29) is 18.3 Å². The quantitative estimate of drug-likeness (QED) is 0.466. The molecule has 6 nitrogen and oxygen atoms in total. The van der Waals surface area contributed by atoms with Crippen LogP contribution in [0.25, 0.3) is 0 Å². The highest BCUT2D eigenvalue weighted by Gasteiger charge is 2.39. The van der Waals surface area contributed by atoms with Crippen molar-refractivity contribution < 1.29 is 14.3 Å². The maximum Gasteiger partial charge on any atom is 0.336 e. The fourth-order valence-corrected chi connectivity index (χ4v) is 4.41. The number of benzene rings is 1. The molecular formula is C23H27N3O3S. The SMILES string of the molecule is C=CCOC(=O)C1=C(C)N=C(SCC(=O)N(CC)CC)C(C#N)[C@H]1c1ccccc1. The number of esters is 1. The number of thioether (sulfide) groups is 1. The van der Waals surface area contributed by atoms with E-state index in [2.05, 4.69) is 17.6 Å². The van der Waals surface area contributed by atoms with Crippen LogP contribution in [0.2, 0.25) is 0 Å². The predicted octanol–water partition coefficient (Wildman–Crippen LogP) is 3.93. The van der Waals surface area contributed by atoms with Gasteiger partial charge in [0.05, 0.1) is 22.4 Å². The highest BCUT2D eigenvalue weighted by Crippen LogP contribution is 2.41. The minimum absolute atomic E-state index is 0.00141. The smallest absolute Gasteiger partial charge is 0.336 e. The number of allylic oxidation sites excluding steroid dienone is 1. The highest BCUT2D eigenvalue weighted by molar-refractivity contribution is 8.14. The number of carbonyl (C=O) groups excluding carboxylic acids is 2. The van der Waals surface area contributed by atoms with Gasteiger partial charge < -0.3 is 9.64 Å². The minimum Gasteiger partial charge on any atom is -0.458 e. The lowest BCUT2D eigenvalue weighted by molar-refractivity contribution is -0.138. The maximum atomic E-state index is 12.8. The molecule has 1 heterocycles. The molecule has 1 unspecified atom stereocenters. The van der Waals surface area contributed by atoms with Gasteiger partial charge in [-0.1, -0.05) is 54.7 Å². The van der Waals surface area contributed by atoms with Crippen molar-refractivity contribution in [3.8, 4) is 6.07 Å². The molecule has 1 aliphatic heterocycles. The van der Waals surface area contributed by atoms with E-state index in [1.807, 2.05) is 44.2 Å². The third kappa shape index (κ3) is 5.39. The van der Waals surface area contributed by atoms with Gasteiger partial charge in [0.25, 0.3) is 0 Å². The molecule has 0 saturated heterocycles. The molecule has 2 atom stereocenters. The van der Waals surface area contributed by atoms with Gasteiger partial charge in [-0.05, 0) is 26.3 Å². The van der Waals surface area contributed by atoms with E-state index in [4.69, 9.17) is 4.74 Å². The molecule has 0 saturated carbocycles. The first-order valence-electron chi connectivity index (χ1n) is 9.90. The Labute approximate surface area is 182 Å². The van der Waals surface area contributed by atoms with E-state index in [1.165, 1.54) is 17.8 Å². The van der Waals surface area contributed by atoms with Crippen molar-refractivity contribution in [2.24, 2.45) is 10.9 Å². The molecule has 1 amide bonds. The summed E-state index contributed by atoms with van der Waals surface area (Å²) in [6.07, 6.45) is 1.50. The number of hydrogen-bond donors (Lipinski definition) is 0. The molecule has 1 aliphatic rings. The Morgan fingerprint density at radius 3 is 2.53 bits per heavy atom. The number of carbonyl (C=O) groups is 2. The van der Waals surface area contributed by atoms with Crippen LogP contribution in [0, 0.1) is 17.2 Å². The molecule has 7 heteroatoms. The topological polar surface area (TPSA) is 82.8 Å². The van der Waals surface area contributed by atoms with Crippen LogP contribution < -0.4 is 0 Å². The van der Waals surface area contributed by atoms with Gasteiger partial charge in [0.1, 0.15) is 12.5 Å². The average Bonchev–Trinajstić information content (AvgIpc) is 2.76. The summed E-state index contributed by atoms with van der Waals surface area (Å²) in [5.41, 5.74) is 1.70. The number of hydrogen-bond acceptors (Lipinski definition) is 6. The van der Waals surface area contributed by atoms with Crippen LogP contribution in [0.5, 0.6) is 0 Å². The van der Waals surface area contributed by atoms with Crippen LogP contribution in [-0.4, -0.2) is 47.3 Å². The van der Waals surface area contributed by atoms with E-state index in [0.717, 1.165) is 5.56 Å². The summed E-state index contributed by atoms with van der Waals surface area (Å²) < 4.78 is 5.28. The lowest BCUT2D eigenvalue weighted by Crippen LogP contribution is -2.34. The number of rotatable bonds is 8. The molecule has 0 spiro atoms. The van der Waals surface area contributed by atoms with Gasteiger partial charge in [-0.15, -0.1) is 0 Å². The standard InChI is InChI=1S/C23H27N3O3S/c1-5-13-29-23(28)20-16(4)25-22(30-15-19(27)26(6-2)7-3)18(14-24)21(20)17-11-9-8-10-12-17/h5,8-12,18,21H,1,6-7,13,15H2,2-4H3/t18?,21-/m1/s1. The second-order valence-corrected chi connectivity index (χ2v) is 7.68. The minimum atomic E-state index is -0.683. The maximum absolute atomic E-state index is 12.8. The van der Waals surface area contributed by atoms with E-state index >= 15 is 0 Å². The Balaban J connectivity index is 2.42. The monoisotopic (exact) mass is 425 g/mol. The number of nitriles is 1. The first-order chi connectivity index (χ1) is 14.5. The fourth-order valence-electron chi connectivity index (χ4n) is 3.39. The van der Waals surface area contributed by atoms with E-state index in [9.17, 15) is 14.9 Å². The number of amides is 1. The van der Waals surface area contributed by atoms with Crippen LogP contribution in [-0.2, 0) is 14.3 Å². The molecule has 1 aromatic carbocycles. The molecule has 2 rings (SSSR count). The Kier molecular flexibility index (Phi) is 8.88. The second-order valence-electron chi connectivity index (χ2n) is 6.69. The zero-order valence-electron chi connectivity index (χ0n) is 17.6. The zero-order valence-corrected chi connectivity index (χ0v) is 18.4.